The predicted molar refractivity (Wildman–Crippen MR) is 84.4 cm³/mol. The number of amides is 1. The molecular weight excluding hydrogens is 320 g/mol. The molecule has 1 aromatic carbocycles. The molecule has 1 N–H and O–H groups in total. The molecule has 7 nitrogen and oxygen atoms in total. The summed E-state index contributed by atoms with van der Waals surface area (Å²) in [6, 6.07) is 8.82. The summed E-state index contributed by atoms with van der Waals surface area (Å²) in [4.78, 5) is 25.5. The van der Waals surface area contributed by atoms with E-state index in [9.17, 15) is 23.1 Å². The van der Waals surface area contributed by atoms with Gasteiger partial charge in [0.05, 0.1) is 12.8 Å². The quantitative estimate of drug-likeness (QED) is 0.822. The van der Waals surface area contributed by atoms with E-state index in [1.54, 1.807) is 30.3 Å². The third-order valence-electron chi connectivity index (χ3n) is 4.28. The number of likely N-dealkylation sites (tertiary alicyclic amines) is 1. The van der Waals surface area contributed by atoms with E-state index in [1.807, 2.05) is 0 Å². The van der Waals surface area contributed by atoms with Crippen LogP contribution in [-0.4, -0.2) is 67.5 Å². The SMILES string of the molecule is CN(CC(=O)N1CCC(C(=O)O)(c2ccccc2)C1)S(C)(=O)=O. The highest BCUT2D eigenvalue weighted by Crippen LogP contribution is 2.35. The number of carboxylic acids is 1. The van der Waals surface area contributed by atoms with Gasteiger partial charge in [0.1, 0.15) is 5.41 Å². The van der Waals surface area contributed by atoms with Gasteiger partial charge in [0.25, 0.3) is 0 Å². The Bertz CT molecular complexity index is 704. The molecule has 0 bridgehead atoms. The van der Waals surface area contributed by atoms with E-state index >= 15 is 0 Å². The average molecular weight is 340 g/mol. The minimum absolute atomic E-state index is 0.0444. The Kier molecular flexibility index (Phi) is 4.76. The summed E-state index contributed by atoms with van der Waals surface area (Å²) in [5.41, 5.74) is -0.486. The molecule has 126 valence electrons. The van der Waals surface area contributed by atoms with Crippen molar-refractivity contribution >= 4 is 21.9 Å². The van der Waals surface area contributed by atoms with Crippen LogP contribution in [0.2, 0.25) is 0 Å². The summed E-state index contributed by atoms with van der Waals surface area (Å²) in [5.74, 6) is -1.37. The van der Waals surface area contributed by atoms with Crippen molar-refractivity contribution < 1.29 is 23.1 Å². The number of carbonyl (C=O) groups excluding carboxylic acids is 1. The van der Waals surface area contributed by atoms with Crippen LogP contribution in [0, 0.1) is 0 Å². The van der Waals surface area contributed by atoms with Gasteiger partial charge in [-0.1, -0.05) is 30.3 Å². The van der Waals surface area contributed by atoms with Crippen molar-refractivity contribution in [3.05, 3.63) is 35.9 Å². The molecule has 1 heterocycles. The topological polar surface area (TPSA) is 95.0 Å². The molecule has 0 aromatic heterocycles. The second-order valence-corrected chi connectivity index (χ2v) is 7.93. The van der Waals surface area contributed by atoms with Crippen LogP contribution in [0.15, 0.2) is 30.3 Å². The largest absolute Gasteiger partial charge is 0.481 e. The Hall–Kier alpha value is -1.93. The number of carbonyl (C=O) groups is 2. The Balaban J connectivity index is 2.18. The van der Waals surface area contributed by atoms with E-state index in [0.717, 1.165) is 10.6 Å². The lowest BCUT2D eigenvalue weighted by Gasteiger charge is -2.26. The summed E-state index contributed by atoms with van der Waals surface area (Å²) < 4.78 is 23.8. The summed E-state index contributed by atoms with van der Waals surface area (Å²) >= 11 is 0. The Morgan fingerprint density at radius 3 is 2.43 bits per heavy atom. The number of aliphatic carboxylic acids is 1. The van der Waals surface area contributed by atoms with Crippen LogP contribution in [0.1, 0.15) is 12.0 Å². The molecule has 1 amide bonds. The summed E-state index contributed by atoms with van der Waals surface area (Å²) in [7, 11) is -2.13. The summed E-state index contributed by atoms with van der Waals surface area (Å²) in [6.45, 7) is 0.0454. The minimum atomic E-state index is -3.46. The first-order chi connectivity index (χ1) is 10.7. The standard InChI is InChI=1S/C15H20N2O5S/c1-16(23(2,21)22)10-13(18)17-9-8-15(11-17,14(19)20)12-6-4-3-5-7-12/h3-7H,8-11H2,1-2H3,(H,19,20). The van der Waals surface area contributed by atoms with Gasteiger partial charge in [0.2, 0.25) is 15.9 Å². The smallest absolute Gasteiger partial charge is 0.316 e. The molecule has 8 heteroatoms. The average Bonchev–Trinajstić information content (AvgIpc) is 2.94. The number of benzene rings is 1. The van der Waals surface area contributed by atoms with E-state index < -0.39 is 27.3 Å². The molecule has 0 spiro atoms. The number of nitrogens with zero attached hydrogens (tertiary/aromatic N) is 2. The van der Waals surface area contributed by atoms with Gasteiger partial charge in [-0.15, -0.1) is 0 Å². The second-order valence-electron chi connectivity index (χ2n) is 5.84. The van der Waals surface area contributed by atoms with Crippen LogP contribution < -0.4 is 0 Å². The van der Waals surface area contributed by atoms with Crippen molar-refractivity contribution in [2.45, 2.75) is 11.8 Å². The van der Waals surface area contributed by atoms with Gasteiger partial charge in [0.15, 0.2) is 0 Å². The maximum absolute atomic E-state index is 12.3. The first-order valence-corrected chi connectivity index (χ1v) is 9.00. The van der Waals surface area contributed by atoms with Crippen LogP contribution in [0.3, 0.4) is 0 Å². The normalized spacial score (nSPS) is 21.6. The second kappa shape index (κ2) is 6.29. The lowest BCUT2D eigenvalue weighted by Crippen LogP contribution is -2.43. The van der Waals surface area contributed by atoms with Crippen molar-refractivity contribution in [1.82, 2.24) is 9.21 Å². The van der Waals surface area contributed by atoms with Gasteiger partial charge in [-0.3, -0.25) is 9.59 Å². The van der Waals surface area contributed by atoms with E-state index in [4.69, 9.17) is 0 Å². The van der Waals surface area contributed by atoms with Crippen molar-refractivity contribution in [1.29, 1.82) is 0 Å². The van der Waals surface area contributed by atoms with Crippen LogP contribution in [0.5, 0.6) is 0 Å². The van der Waals surface area contributed by atoms with Gasteiger partial charge in [0, 0.05) is 20.1 Å². The number of likely N-dealkylation sites (N-methyl/N-ethyl adjacent to an activating group) is 1. The highest BCUT2D eigenvalue weighted by Gasteiger charge is 2.47. The van der Waals surface area contributed by atoms with E-state index in [0.29, 0.717) is 12.0 Å². The highest BCUT2D eigenvalue weighted by molar-refractivity contribution is 7.88. The van der Waals surface area contributed by atoms with Gasteiger partial charge in [-0.2, -0.15) is 4.31 Å². The predicted octanol–water partition coefficient (Wildman–Crippen LogP) is 0.133. The fourth-order valence-corrected chi connectivity index (χ4v) is 3.07. The van der Waals surface area contributed by atoms with Crippen molar-refractivity contribution in [2.24, 2.45) is 0 Å². The Morgan fingerprint density at radius 2 is 1.91 bits per heavy atom. The summed E-state index contributed by atoms with van der Waals surface area (Å²) in [5, 5.41) is 9.68. The first-order valence-electron chi connectivity index (χ1n) is 7.15. The van der Waals surface area contributed by atoms with Crippen molar-refractivity contribution in [2.75, 3.05) is 32.9 Å². The molecule has 1 saturated heterocycles. The number of hydrogen-bond acceptors (Lipinski definition) is 4. The maximum atomic E-state index is 12.3. The number of rotatable bonds is 5. The molecule has 1 fully saturated rings. The molecular formula is C15H20N2O5S. The monoisotopic (exact) mass is 340 g/mol. The summed E-state index contributed by atoms with van der Waals surface area (Å²) in [6.07, 6.45) is 1.33. The molecule has 1 atom stereocenters. The molecule has 0 aliphatic carbocycles. The van der Waals surface area contributed by atoms with Crippen LogP contribution in [0.25, 0.3) is 0 Å². The van der Waals surface area contributed by atoms with E-state index in [2.05, 4.69) is 0 Å². The number of carboxylic acid groups (broad SMARTS) is 1. The van der Waals surface area contributed by atoms with E-state index in [-0.39, 0.29) is 19.6 Å². The highest BCUT2D eigenvalue weighted by atomic mass is 32.2. The Morgan fingerprint density at radius 1 is 1.30 bits per heavy atom. The zero-order chi connectivity index (χ0) is 17.3. The fourth-order valence-electron chi connectivity index (χ4n) is 2.72. The molecule has 23 heavy (non-hydrogen) atoms. The molecule has 1 unspecified atom stereocenters. The van der Waals surface area contributed by atoms with Crippen LogP contribution in [-0.2, 0) is 25.0 Å². The maximum Gasteiger partial charge on any atom is 0.316 e. The van der Waals surface area contributed by atoms with Crippen LogP contribution in [0.4, 0.5) is 0 Å². The van der Waals surface area contributed by atoms with Crippen LogP contribution >= 0.6 is 0 Å². The fraction of sp³-hybridized carbons (Fsp3) is 0.467. The minimum Gasteiger partial charge on any atom is -0.481 e. The molecule has 1 aliphatic rings. The first kappa shape index (κ1) is 17.4. The van der Waals surface area contributed by atoms with Gasteiger partial charge in [-0.25, -0.2) is 8.42 Å². The van der Waals surface area contributed by atoms with Crippen molar-refractivity contribution in [3.8, 4) is 0 Å². The lowest BCUT2D eigenvalue weighted by atomic mass is 9.80. The molecule has 1 aliphatic heterocycles. The third-order valence-corrected chi connectivity index (χ3v) is 5.54. The van der Waals surface area contributed by atoms with Gasteiger partial charge >= 0.3 is 5.97 Å². The number of hydrogen-bond donors (Lipinski definition) is 1. The zero-order valence-corrected chi connectivity index (χ0v) is 13.9. The zero-order valence-electron chi connectivity index (χ0n) is 13.1. The van der Waals surface area contributed by atoms with Crippen molar-refractivity contribution in [3.63, 3.8) is 0 Å². The molecule has 0 radical (unpaired) electrons. The van der Waals surface area contributed by atoms with Gasteiger partial charge < -0.3 is 10.0 Å². The third kappa shape index (κ3) is 3.53. The molecule has 0 saturated carbocycles. The lowest BCUT2D eigenvalue weighted by molar-refractivity contribution is -0.143. The molecule has 1 aromatic rings. The Labute approximate surface area is 135 Å². The number of sulfonamides is 1. The van der Waals surface area contributed by atoms with E-state index in [1.165, 1.54) is 11.9 Å². The molecule has 2 rings (SSSR count). The van der Waals surface area contributed by atoms with Gasteiger partial charge in [-0.05, 0) is 12.0 Å².